The maximum Gasteiger partial charge on any atom is 0.139 e. The molecule has 3 nitrogen and oxygen atoms in total. The Morgan fingerprint density at radius 3 is 2.89 bits per heavy atom. The molecular weight excluding hydrogens is 248 g/mol. The normalized spacial score (nSPS) is 10.4. The van der Waals surface area contributed by atoms with E-state index in [4.69, 9.17) is 16.3 Å². The lowest BCUT2D eigenvalue weighted by molar-refractivity contribution is 0.415. The summed E-state index contributed by atoms with van der Waals surface area (Å²) in [6, 6.07) is 9.86. The molecule has 0 atom stereocenters. The molecule has 0 saturated carbocycles. The third-order valence-electron chi connectivity index (χ3n) is 2.89. The van der Waals surface area contributed by atoms with Gasteiger partial charge in [-0.3, -0.25) is 0 Å². The number of halogens is 1. The molecule has 1 N–H and O–H groups in total. The summed E-state index contributed by atoms with van der Waals surface area (Å²) in [5.74, 6) is 0.688. The number of hydrogen-bond donors (Lipinski definition) is 1. The third kappa shape index (κ3) is 2.79. The van der Waals surface area contributed by atoms with Crippen LogP contribution in [0.2, 0.25) is 5.02 Å². The molecule has 0 aliphatic heterocycles. The van der Waals surface area contributed by atoms with Crippen LogP contribution < -0.4 is 10.1 Å². The van der Waals surface area contributed by atoms with Gasteiger partial charge in [0.15, 0.2) is 0 Å². The van der Waals surface area contributed by atoms with E-state index in [9.17, 15) is 0 Å². The van der Waals surface area contributed by atoms with E-state index in [1.165, 1.54) is 5.69 Å². The second-order valence-electron chi connectivity index (χ2n) is 3.99. The Bertz CT molecular complexity index is 522. The van der Waals surface area contributed by atoms with Crippen LogP contribution in [-0.2, 0) is 13.1 Å². The molecule has 4 heteroatoms. The second kappa shape index (κ2) is 5.83. The van der Waals surface area contributed by atoms with Crippen molar-refractivity contribution >= 4 is 17.3 Å². The van der Waals surface area contributed by atoms with Gasteiger partial charge in [-0.05, 0) is 31.2 Å². The molecule has 0 aliphatic carbocycles. The lowest BCUT2D eigenvalue weighted by atomic mass is 10.3. The van der Waals surface area contributed by atoms with E-state index in [0.717, 1.165) is 18.8 Å². The number of anilines is 1. The Kier molecular flexibility index (Phi) is 4.15. The van der Waals surface area contributed by atoms with Crippen molar-refractivity contribution in [3.05, 3.63) is 47.2 Å². The topological polar surface area (TPSA) is 26.2 Å². The van der Waals surface area contributed by atoms with Gasteiger partial charge in [0.1, 0.15) is 5.75 Å². The van der Waals surface area contributed by atoms with E-state index in [2.05, 4.69) is 35.1 Å². The van der Waals surface area contributed by atoms with Gasteiger partial charge in [0.25, 0.3) is 0 Å². The molecule has 0 amide bonds. The first-order valence-corrected chi connectivity index (χ1v) is 6.33. The van der Waals surface area contributed by atoms with Crippen LogP contribution in [0.5, 0.6) is 5.75 Å². The summed E-state index contributed by atoms with van der Waals surface area (Å²) < 4.78 is 7.40. The van der Waals surface area contributed by atoms with Gasteiger partial charge in [0.2, 0.25) is 0 Å². The predicted octanol–water partition coefficient (Wildman–Crippen LogP) is 3.78. The highest BCUT2D eigenvalue weighted by Gasteiger charge is 2.03. The number of methoxy groups -OCH3 is 1. The first kappa shape index (κ1) is 12.8. The molecule has 18 heavy (non-hydrogen) atoms. The number of ether oxygens (including phenoxy) is 1. The van der Waals surface area contributed by atoms with Crippen LogP contribution in [0.15, 0.2) is 36.5 Å². The first-order chi connectivity index (χ1) is 8.74. The average Bonchev–Trinajstić information content (AvgIpc) is 2.85. The molecule has 1 aromatic carbocycles. The molecule has 0 spiro atoms. The summed E-state index contributed by atoms with van der Waals surface area (Å²) in [4.78, 5) is 0. The second-order valence-corrected chi connectivity index (χ2v) is 4.40. The molecule has 96 valence electrons. The summed E-state index contributed by atoms with van der Waals surface area (Å²) in [5, 5.41) is 3.99. The van der Waals surface area contributed by atoms with Crippen molar-refractivity contribution in [2.24, 2.45) is 0 Å². The van der Waals surface area contributed by atoms with Crippen molar-refractivity contribution in [1.29, 1.82) is 0 Å². The molecular formula is C14H17ClN2O. The Morgan fingerprint density at radius 1 is 1.33 bits per heavy atom. The molecule has 0 unspecified atom stereocenters. The minimum atomic E-state index is 0.625. The van der Waals surface area contributed by atoms with Crippen LogP contribution in [0.1, 0.15) is 12.6 Å². The maximum atomic E-state index is 5.99. The highest BCUT2D eigenvalue weighted by molar-refractivity contribution is 6.32. The first-order valence-electron chi connectivity index (χ1n) is 5.96. The monoisotopic (exact) mass is 264 g/mol. The van der Waals surface area contributed by atoms with Gasteiger partial charge in [-0.2, -0.15) is 0 Å². The number of benzene rings is 1. The van der Waals surface area contributed by atoms with E-state index in [1.54, 1.807) is 7.11 Å². The van der Waals surface area contributed by atoms with E-state index in [0.29, 0.717) is 10.8 Å². The fourth-order valence-electron chi connectivity index (χ4n) is 1.88. The summed E-state index contributed by atoms with van der Waals surface area (Å²) in [5.41, 5.74) is 2.26. The fourth-order valence-corrected chi connectivity index (χ4v) is 2.08. The van der Waals surface area contributed by atoms with E-state index in [1.807, 2.05) is 18.2 Å². The van der Waals surface area contributed by atoms with Crippen LogP contribution in [-0.4, -0.2) is 11.7 Å². The van der Waals surface area contributed by atoms with E-state index in [-0.39, 0.29) is 0 Å². The maximum absolute atomic E-state index is 5.99. The Balaban J connectivity index is 2.06. The Labute approximate surface area is 112 Å². The van der Waals surface area contributed by atoms with Gasteiger partial charge in [-0.1, -0.05) is 11.6 Å². The highest BCUT2D eigenvalue weighted by atomic mass is 35.5. The van der Waals surface area contributed by atoms with Gasteiger partial charge in [0.05, 0.1) is 18.7 Å². The smallest absolute Gasteiger partial charge is 0.139 e. The zero-order valence-electron chi connectivity index (χ0n) is 10.6. The van der Waals surface area contributed by atoms with Crippen LogP contribution >= 0.6 is 11.6 Å². The van der Waals surface area contributed by atoms with Gasteiger partial charge < -0.3 is 14.6 Å². The van der Waals surface area contributed by atoms with Crippen LogP contribution in [0, 0.1) is 0 Å². The van der Waals surface area contributed by atoms with Crippen LogP contribution in [0.3, 0.4) is 0 Å². The molecule has 0 aliphatic rings. The summed E-state index contributed by atoms with van der Waals surface area (Å²) in [7, 11) is 1.62. The standard InChI is InChI=1S/C14H17ClN2O/c1-3-17-8-4-5-12(17)10-16-11-6-7-13(15)14(9-11)18-2/h4-9,16H,3,10H2,1-2H3. The van der Waals surface area contributed by atoms with Crippen LogP contribution in [0.25, 0.3) is 0 Å². The average molecular weight is 265 g/mol. The zero-order valence-corrected chi connectivity index (χ0v) is 11.4. The van der Waals surface area contributed by atoms with Gasteiger partial charge >= 0.3 is 0 Å². The molecule has 1 heterocycles. The Hall–Kier alpha value is -1.61. The van der Waals surface area contributed by atoms with Crippen molar-refractivity contribution in [2.75, 3.05) is 12.4 Å². The summed E-state index contributed by atoms with van der Waals surface area (Å²) in [6.45, 7) is 3.90. The highest BCUT2D eigenvalue weighted by Crippen LogP contribution is 2.27. The van der Waals surface area contributed by atoms with Crippen molar-refractivity contribution in [1.82, 2.24) is 4.57 Å². The van der Waals surface area contributed by atoms with Gasteiger partial charge in [-0.25, -0.2) is 0 Å². The van der Waals surface area contributed by atoms with E-state index >= 15 is 0 Å². The largest absolute Gasteiger partial charge is 0.495 e. The Morgan fingerprint density at radius 2 is 2.17 bits per heavy atom. The number of nitrogens with one attached hydrogen (secondary N) is 1. The van der Waals surface area contributed by atoms with Gasteiger partial charge in [0, 0.05) is 30.2 Å². The predicted molar refractivity (Wildman–Crippen MR) is 75.4 cm³/mol. The van der Waals surface area contributed by atoms with Crippen molar-refractivity contribution in [3.8, 4) is 5.75 Å². The summed E-state index contributed by atoms with van der Waals surface area (Å²) >= 11 is 5.99. The fraction of sp³-hybridized carbons (Fsp3) is 0.286. The van der Waals surface area contributed by atoms with Crippen LogP contribution in [0.4, 0.5) is 5.69 Å². The third-order valence-corrected chi connectivity index (χ3v) is 3.20. The molecule has 1 aromatic heterocycles. The lowest BCUT2D eigenvalue weighted by Gasteiger charge is -2.11. The minimum absolute atomic E-state index is 0.625. The summed E-state index contributed by atoms with van der Waals surface area (Å²) in [6.07, 6.45) is 2.08. The van der Waals surface area contributed by atoms with Crippen molar-refractivity contribution < 1.29 is 4.74 Å². The molecule has 0 fully saturated rings. The number of aromatic nitrogens is 1. The lowest BCUT2D eigenvalue weighted by Crippen LogP contribution is -2.06. The molecule has 0 radical (unpaired) electrons. The number of rotatable bonds is 5. The molecule has 2 aromatic rings. The van der Waals surface area contributed by atoms with E-state index < -0.39 is 0 Å². The molecule has 0 bridgehead atoms. The quantitative estimate of drug-likeness (QED) is 0.889. The molecule has 0 saturated heterocycles. The number of hydrogen-bond acceptors (Lipinski definition) is 2. The SMILES string of the molecule is CCn1cccc1CNc1ccc(Cl)c(OC)c1. The number of nitrogens with zero attached hydrogens (tertiary/aromatic N) is 1. The molecule has 2 rings (SSSR count). The minimum Gasteiger partial charge on any atom is -0.495 e. The number of aryl methyl sites for hydroxylation is 1. The van der Waals surface area contributed by atoms with Crippen molar-refractivity contribution in [3.63, 3.8) is 0 Å². The van der Waals surface area contributed by atoms with Crippen molar-refractivity contribution in [2.45, 2.75) is 20.0 Å². The zero-order chi connectivity index (χ0) is 13.0. The van der Waals surface area contributed by atoms with Gasteiger partial charge in [-0.15, -0.1) is 0 Å².